The van der Waals surface area contributed by atoms with Crippen LogP contribution in [0.4, 0.5) is 5.82 Å². The predicted molar refractivity (Wildman–Crippen MR) is 78.7 cm³/mol. The van der Waals surface area contributed by atoms with Crippen LogP contribution < -0.4 is 11.3 Å². The van der Waals surface area contributed by atoms with Crippen LogP contribution in [0.15, 0.2) is 12.1 Å². The van der Waals surface area contributed by atoms with Gasteiger partial charge in [-0.1, -0.05) is 0 Å². The maximum atomic E-state index is 12.4. The Morgan fingerprint density at radius 3 is 2.24 bits per heavy atom. The summed E-state index contributed by atoms with van der Waals surface area (Å²) in [5, 5.41) is 7.66. The highest BCUT2D eigenvalue weighted by Crippen LogP contribution is 2.04. The molecule has 0 spiro atoms. The van der Waals surface area contributed by atoms with Gasteiger partial charge in [0.1, 0.15) is 0 Å². The van der Waals surface area contributed by atoms with Gasteiger partial charge in [0.05, 0.1) is 13.2 Å². The summed E-state index contributed by atoms with van der Waals surface area (Å²) in [5.74, 6) is 5.42. The number of amides is 1. The normalized spacial score (nSPS) is 10.4. The summed E-state index contributed by atoms with van der Waals surface area (Å²) in [7, 11) is 0. The van der Waals surface area contributed by atoms with Crippen molar-refractivity contribution in [2.24, 2.45) is 5.84 Å². The van der Waals surface area contributed by atoms with Gasteiger partial charge in [0.15, 0.2) is 11.5 Å². The number of anilines is 1. The minimum Gasteiger partial charge on any atom is -0.380 e. The first-order valence-corrected chi connectivity index (χ1v) is 6.98. The number of nitrogens with one attached hydrogen (secondary N) is 1. The molecule has 1 aromatic rings. The Morgan fingerprint density at radius 2 is 1.81 bits per heavy atom. The molecule has 0 atom stereocenters. The number of ether oxygens (including phenoxy) is 2. The van der Waals surface area contributed by atoms with Crippen molar-refractivity contribution >= 4 is 11.7 Å². The van der Waals surface area contributed by atoms with Gasteiger partial charge in [-0.2, -0.15) is 0 Å². The Morgan fingerprint density at radius 1 is 1.19 bits per heavy atom. The SMILES string of the molecule is CCOCCN(CCOCC)C(=O)c1ccc(NN)nn1. The second-order valence-corrected chi connectivity index (χ2v) is 4.13. The molecule has 0 unspecified atom stereocenters. The van der Waals surface area contributed by atoms with E-state index in [-0.39, 0.29) is 11.6 Å². The van der Waals surface area contributed by atoms with Crippen molar-refractivity contribution in [2.45, 2.75) is 13.8 Å². The second-order valence-electron chi connectivity index (χ2n) is 4.13. The Labute approximate surface area is 124 Å². The van der Waals surface area contributed by atoms with E-state index in [0.717, 1.165) is 0 Å². The molecule has 0 aliphatic carbocycles. The lowest BCUT2D eigenvalue weighted by atomic mass is 10.3. The Bertz CT molecular complexity index is 403. The molecule has 21 heavy (non-hydrogen) atoms. The molecule has 1 aromatic heterocycles. The highest BCUT2D eigenvalue weighted by atomic mass is 16.5. The summed E-state index contributed by atoms with van der Waals surface area (Å²) in [5.41, 5.74) is 2.63. The van der Waals surface area contributed by atoms with Crippen molar-refractivity contribution in [3.05, 3.63) is 17.8 Å². The van der Waals surface area contributed by atoms with Crippen LogP contribution in [0.5, 0.6) is 0 Å². The average Bonchev–Trinajstić information content (AvgIpc) is 2.53. The van der Waals surface area contributed by atoms with Crippen LogP contribution in [-0.4, -0.2) is 60.5 Å². The molecule has 0 saturated carbocycles. The molecule has 8 nitrogen and oxygen atoms in total. The quantitative estimate of drug-likeness (QED) is 0.363. The van der Waals surface area contributed by atoms with Crippen LogP contribution in [-0.2, 0) is 9.47 Å². The fraction of sp³-hybridized carbons (Fsp3) is 0.615. The zero-order valence-electron chi connectivity index (χ0n) is 12.5. The average molecular weight is 297 g/mol. The third kappa shape index (κ3) is 6.03. The Kier molecular flexibility index (Phi) is 8.25. The maximum absolute atomic E-state index is 12.4. The third-order valence-electron chi connectivity index (χ3n) is 2.74. The highest BCUT2D eigenvalue weighted by molar-refractivity contribution is 5.92. The van der Waals surface area contributed by atoms with E-state index in [4.69, 9.17) is 15.3 Å². The van der Waals surface area contributed by atoms with Gasteiger partial charge >= 0.3 is 0 Å². The van der Waals surface area contributed by atoms with Gasteiger partial charge in [-0.05, 0) is 26.0 Å². The smallest absolute Gasteiger partial charge is 0.274 e. The van der Waals surface area contributed by atoms with Crippen LogP contribution >= 0.6 is 0 Å². The van der Waals surface area contributed by atoms with Gasteiger partial charge in [-0.3, -0.25) is 4.79 Å². The zero-order valence-corrected chi connectivity index (χ0v) is 12.5. The lowest BCUT2D eigenvalue weighted by molar-refractivity contribution is 0.0544. The van der Waals surface area contributed by atoms with E-state index >= 15 is 0 Å². The number of carbonyl (C=O) groups is 1. The first-order valence-electron chi connectivity index (χ1n) is 6.98. The zero-order chi connectivity index (χ0) is 15.5. The molecule has 0 aliphatic rings. The molecule has 0 radical (unpaired) electrons. The van der Waals surface area contributed by atoms with Gasteiger partial charge in [-0.25, -0.2) is 5.84 Å². The summed E-state index contributed by atoms with van der Waals surface area (Å²) < 4.78 is 10.6. The molecule has 1 amide bonds. The number of aromatic nitrogens is 2. The minimum absolute atomic E-state index is 0.203. The molecule has 0 fully saturated rings. The first-order chi connectivity index (χ1) is 10.2. The van der Waals surface area contributed by atoms with Crippen molar-refractivity contribution < 1.29 is 14.3 Å². The Hall–Kier alpha value is -1.77. The summed E-state index contributed by atoms with van der Waals surface area (Å²) in [6.07, 6.45) is 0. The molecule has 1 heterocycles. The van der Waals surface area contributed by atoms with Crippen molar-refractivity contribution in [3.63, 3.8) is 0 Å². The summed E-state index contributed by atoms with van der Waals surface area (Å²) in [6.45, 7) is 6.98. The van der Waals surface area contributed by atoms with E-state index in [1.165, 1.54) is 0 Å². The monoisotopic (exact) mass is 297 g/mol. The number of nitrogens with zero attached hydrogens (tertiary/aromatic N) is 3. The number of nitrogens with two attached hydrogens (primary N) is 1. The first kappa shape index (κ1) is 17.3. The number of hydrogen-bond donors (Lipinski definition) is 2. The lowest BCUT2D eigenvalue weighted by Gasteiger charge is -2.22. The van der Waals surface area contributed by atoms with Crippen LogP contribution in [0.2, 0.25) is 0 Å². The highest BCUT2D eigenvalue weighted by Gasteiger charge is 2.17. The fourth-order valence-electron chi connectivity index (χ4n) is 1.64. The molecule has 0 aliphatic heterocycles. The van der Waals surface area contributed by atoms with E-state index in [1.807, 2.05) is 13.8 Å². The van der Waals surface area contributed by atoms with Gasteiger partial charge < -0.3 is 19.8 Å². The van der Waals surface area contributed by atoms with Gasteiger partial charge in [0.2, 0.25) is 0 Å². The van der Waals surface area contributed by atoms with Crippen LogP contribution in [0.3, 0.4) is 0 Å². The molecule has 8 heteroatoms. The van der Waals surface area contributed by atoms with Crippen LogP contribution in [0, 0.1) is 0 Å². The van der Waals surface area contributed by atoms with Crippen molar-refractivity contribution in [3.8, 4) is 0 Å². The molecular weight excluding hydrogens is 274 g/mol. The van der Waals surface area contributed by atoms with Crippen molar-refractivity contribution in [2.75, 3.05) is 44.9 Å². The largest absolute Gasteiger partial charge is 0.380 e. The van der Waals surface area contributed by atoms with E-state index in [9.17, 15) is 4.79 Å². The summed E-state index contributed by atoms with van der Waals surface area (Å²) in [4.78, 5) is 14.0. The summed E-state index contributed by atoms with van der Waals surface area (Å²) >= 11 is 0. The number of hydrazine groups is 1. The van der Waals surface area contributed by atoms with Crippen molar-refractivity contribution in [1.29, 1.82) is 0 Å². The van der Waals surface area contributed by atoms with E-state index < -0.39 is 0 Å². The molecule has 0 aromatic carbocycles. The molecule has 0 saturated heterocycles. The summed E-state index contributed by atoms with van der Waals surface area (Å²) in [6, 6.07) is 3.18. The fourth-order valence-corrected chi connectivity index (χ4v) is 1.64. The third-order valence-corrected chi connectivity index (χ3v) is 2.74. The number of rotatable bonds is 10. The van der Waals surface area contributed by atoms with E-state index in [1.54, 1.807) is 17.0 Å². The maximum Gasteiger partial charge on any atom is 0.274 e. The van der Waals surface area contributed by atoms with Gasteiger partial charge in [-0.15, -0.1) is 10.2 Å². The molecule has 118 valence electrons. The van der Waals surface area contributed by atoms with Gasteiger partial charge in [0, 0.05) is 26.3 Å². The molecule has 1 rings (SSSR count). The van der Waals surface area contributed by atoms with Crippen molar-refractivity contribution in [1.82, 2.24) is 15.1 Å². The van der Waals surface area contributed by atoms with Crippen LogP contribution in [0.25, 0.3) is 0 Å². The van der Waals surface area contributed by atoms with E-state index in [0.29, 0.717) is 45.3 Å². The topological polar surface area (TPSA) is 103 Å². The molecule has 0 bridgehead atoms. The second kappa shape index (κ2) is 10.0. The Balaban J connectivity index is 2.66. The molecule has 3 N–H and O–H groups in total. The number of nitrogen functional groups attached to an aromatic ring is 1. The van der Waals surface area contributed by atoms with E-state index in [2.05, 4.69) is 15.6 Å². The van der Waals surface area contributed by atoms with Crippen LogP contribution in [0.1, 0.15) is 24.3 Å². The standard InChI is InChI=1S/C13H23N5O3/c1-3-20-9-7-18(8-10-21-4-2)13(19)11-5-6-12(15-14)17-16-11/h5-6H,3-4,7-10,14H2,1-2H3,(H,15,17). The number of carbonyl (C=O) groups excluding carboxylic acids is 1. The predicted octanol–water partition coefficient (Wildman–Crippen LogP) is 0.277. The lowest BCUT2D eigenvalue weighted by Crippen LogP contribution is -2.37. The molecular formula is C13H23N5O3. The number of hydrogen-bond acceptors (Lipinski definition) is 7. The van der Waals surface area contributed by atoms with Gasteiger partial charge in [0.25, 0.3) is 5.91 Å². The minimum atomic E-state index is -0.203.